The highest BCUT2D eigenvalue weighted by molar-refractivity contribution is 5.34. The van der Waals surface area contributed by atoms with E-state index in [1.54, 1.807) is 6.92 Å². The van der Waals surface area contributed by atoms with Crippen molar-refractivity contribution in [2.45, 2.75) is 39.5 Å². The number of benzene rings is 1. The molecule has 0 heteroatoms. The second-order valence-corrected chi connectivity index (χ2v) is 4.01. The Morgan fingerprint density at radius 1 is 1.23 bits per heavy atom. The van der Waals surface area contributed by atoms with Crippen LogP contribution in [0.1, 0.15) is 40.5 Å². The van der Waals surface area contributed by atoms with Gasteiger partial charge in [0.15, 0.2) is 0 Å². The number of fused-ring (bicyclic) bond motifs is 1. The van der Waals surface area contributed by atoms with Crippen molar-refractivity contribution in [3.05, 3.63) is 35.4 Å². The van der Waals surface area contributed by atoms with Crippen LogP contribution in [0, 0.1) is 5.41 Å². The Morgan fingerprint density at radius 2 is 1.77 bits per heavy atom. The maximum atomic E-state index is 8.02. The van der Waals surface area contributed by atoms with Crippen LogP contribution in [0.2, 0.25) is 0 Å². The largest absolute Gasteiger partial charge is 0.0648 e. The monoisotopic (exact) mass is 176 g/mol. The van der Waals surface area contributed by atoms with Gasteiger partial charge in [-0.15, -0.1) is 0 Å². The molecule has 0 aromatic heterocycles. The van der Waals surface area contributed by atoms with E-state index in [4.69, 9.17) is 2.74 Å². The molecule has 0 saturated heterocycles. The van der Waals surface area contributed by atoms with Crippen LogP contribution in [0.3, 0.4) is 0 Å². The summed E-state index contributed by atoms with van der Waals surface area (Å²) in [5.74, 6) is 0. The second-order valence-electron chi connectivity index (χ2n) is 4.01. The minimum atomic E-state index is -1.10. The lowest BCUT2D eigenvalue weighted by molar-refractivity contribution is 0.280. The Kier molecular flexibility index (Phi) is 1.62. The van der Waals surface area contributed by atoms with Crippen molar-refractivity contribution >= 4 is 0 Å². The topological polar surface area (TPSA) is 0 Å². The molecule has 0 N–H and O–H groups in total. The van der Waals surface area contributed by atoms with Crippen molar-refractivity contribution in [2.75, 3.05) is 0 Å². The van der Waals surface area contributed by atoms with Gasteiger partial charge in [-0.05, 0) is 42.2 Å². The first-order valence-corrected chi connectivity index (χ1v) is 5.05. The standard InChI is InChI=1S/C13H18/c1-3-13(4-2)9-11-7-5-6-8-12(11)10-13/h5-8H,3-4,9-10H2,1-2H3/i3D2. The highest BCUT2D eigenvalue weighted by Crippen LogP contribution is 2.41. The molecule has 1 aliphatic rings. The van der Waals surface area contributed by atoms with E-state index in [-0.39, 0.29) is 5.41 Å². The lowest BCUT2D eigenvalue weighted by Crippen LogP contribution is -2.18. The minimum Gasteiger partial charge on any atom is -0.0648 e. The fraction of sp³-hybridized carbons (Fsp3) is 0.538. The van der Waals surface area contributed by atoms with Crippen molar-refractivity contribution in [1.29, 1.82) is 0 Å². The van der Waals surface area contributed by atoms with E-state index < -0.39 is 6.37 Å². The van der Waals surface area contributed by atoms with Gasteiger partial charge in [-0.3, -0.25) is 0 Å². The van der Waals surface area contributed by atoms with Gasteiger partial charge in [-0.2, -0.15) is 0 Å². The lowest BCUT2D eigenvalue weighted by atomic mass is 9.80. The first kappa shape index (κ1) is 6.64. The summed E-state index contributed by atoms with van der Waals surface area (Å²) < 4.78 is 16.0. The molecule has 1 aliphatic carbocycles. The molecule has 0 spiro atoms. The highest BCUT2D eigenvalue weighted by atomic mass is 14.4. The molecule has 0 heterocycles. The van der Waals surface area contributed by atoms with E-state index in [1.807, 2.05) is 0 Å². The summed E-state index contributed by atoms with van der Waals surface area (Å²) in [6.45, 7) is 3.83. The molecule has 0 fully saturated rings. The third kappa shape index (κ3) is 1.39. The van der Waals surface area contributed by atoms with Gasteiger partial charge in [-0.1, -0.05) is 38.1 Å². The average Bonchev–Trinajstić information content (AvgIpc) is 2.56. The zero-order chi connectivity index (χ0) is 11.1. The van der Waals surface area contributed by atoms with Crippen molar-refractivity contribution in [2.24, 2.45) is 5.41 Å². The molecule has 1 aromatic rings. The Balaban J connectivity index is 2.38. The van der Waals surface area contributed by atoms with Gasteiger partial charge in [0.05, 0.1) is 0 Å². The first-order valence-electron chi connectivity index (χ1n) is 6.05. The fourth-order valence-corrected chi connectivity index (χ4v) is 2.30. The summed E-state index contributed by atoms with van der Waals surface area (Å²) in [5, 5.41) is 0. The zero-order valence-corrected chi connectivity index (χ0v) is 8.43. The Hall–Kier alpha value is -0.780. The van der Waals surface area contributed by atoms with Gasteiger partial charge in [0.1, 0.15) is 0 Å². The van der Waals surface area contributed by atoms with E-state index in [1.165, 1.54) is 11.1 Å². The SMILES string of the molecule is [2H]C([2H])(C)C1(CC)Cc2ccccc2C1. The molecule has 0 bridgehead atoms. The summed E-state index contributed by atoms with van der Waals surface area (Å²) in [6.07, 6.45) is 1.60. The molecule has 0 amide bonds. The summed E-state index contributed by atoms with van der Waals surface area (Å²) in [5.41, 5.74) is 2.49. The van der Waals surface area contributed by atoms with E-state index in [0.717, 1.165) is 19.3 Å². The predicted octanol–water partition coefficient (Wildman–Crippen LogP) is 3.59. The molecular weight excluding hydrogens is 156 g/mol. The van der Waals surface area contributed by atoms with Crippen LogP contribution >= 0.6 is 0 Å². The maximum absolute atomic E-state index is 8.02. The van der Waals surface area contributed by atoms with Crippen LogP contribution in [-0.4, -0.2) is 0 Å². The number of hydrogen-bond acceptors (Lipinski definition) is 0. The van der Waals surface area contributed by atoms with E-state index >= 15 is 0 Å². The molecule has 0 radical (unpaired) electrons. The molecule has 0 unspecified atom stereocenters. The van der Waals surface area contributed by atoms with Crippen molar-refractivity contribution in [3.63, 3.8) is 0 Å². The average molecular weight is 176 g/mol. The van der Waals surface area contributed by atoms with Crippen molar-refractivity contribution in [3.8, 4) is 0 Å². The first-order chi connectivity index (χ1) is 6.98. The fourth-order valence-electron chi connectivity index (χ4n) is 2.30. The molecule has 2 rings (SSSR count). The number of hydrogen-bond donors (Lipinski definition) is 0. The quantitative estimate of drug-likeness (QED) is 0.646. The maximum Gasteiger partial charge on any atom is 0.0270 e. The predicted molar refractivity (Wildman–Crippen MR) is 56.9 cm³/mol. The molecular formula is C13H18. The summed E-state index contributed by atoms with van der Waals surface area (Å²) in [4.78, 5) is 0. The number of rotatable bonds is 2. The molecule has 0 saturated carbocycles. The third-order valence-electron chi connectivity index (χ3n) is 3.38. The van der Waals surface area contributed by atoms with Crippen molar-refractivity contribution < 1.29 is 2.74 Å². The van der Waals surface area contributed by atoms with E-state index in [2.05, 4.69) is 31.2 Å². The Bertz CT molecular complexity index is 338. The van der Waals surface area contributed by atoms with Crippen LogP contribution in [0.5, 0.6) is 0 Å². The van der Waals surface area contributed by atoms with E-state index in [0.29, 0.717) is 0 Å². The Morgan fingerprint density at radius 3 is 2.15 bits per heavy atom. The molecule has 0 aliphatic heterocycles. The van der Waals surface area contributed by atoms with Crippen LogP contribution in [0.15, 0.2) is 24.3 Å². The Labute approximate surface area is 83.8 Å². The van der Waals surface area contributed by atoms with Crippen LogP contribution in [-0.2, 0) is 12.8 Å². The molecule has 70 valence electrons. The zero-order valence-electron chi connectivity index (χ0n) is 10.4. The minimum absolute atomic E-state index is 0.184. The summed E-state index contributed by atoms with van der Waals surface area (Å²) >= 11 is 0. The summed E-state index contributed by atoms with van der Waals surface area (Å²) in [7, 11) is 0. The normalized spacial score (nSPS) is 22.0. The van der Waals surface area contributed by atoms with Crippen LogP contribution in [0.25, 0.3) is 0 Å². The van der Waals surface area contributed by atoms with Gasteiger partial charge in [0.2, 0.25) is 0 Å². The highest BCUT2D eigenvalue weighted by Gasteiger charge is 2.33. The molecule has 0 nitrogen and oxygen atoms in total. The van der Waals surface area contributed by atoms with Gasteiger partial charge in [-0.25, -0.2) is 0 Å². The van der Waals surface area contributed by atoms with Gasteiger partial charge in [0, 0.05) is 2.74 Å². The smallest absolute Gasteiger partial charge is 0.0270 e. The second kappa shape index (κ2) is 3.17. The molecule has 13 heavy (non-hydrogen) atoms. The molecule has 1 aromatic carbocycles. The van der Waals surface area contributed by atoms with Crippen molar-refractivity contribution in [1.82, 2.24) is 0 Å². The van der Waals surface area contributed by atoms with E-state index in [9.17, 15) is 0 Å². The van der Waals surface area contributed by atoms with Gasteiger partial charge in [0.25, 0.3) is 0 Å². The summed E-state index contributed by atoms with van der Waals surface area (Å²) in [6, 6.07) is 8.38. The van der Waals surface area contributed by atoms with Gasteiger partial charge < -0.3 is 0 Å². The molecule has 0 atom stereocenters. The van der Waals surface area contributed by atoms with Crippen LogP contribution in [0.4, 0.5) is 0 Å². The van der Waals surface area contributed by atoms with Gasteiger partial charge >= 0.3 is 0 Å². The lowest BCUT2D eigenvalue weighted by Gasteiger charge is -2.25. The van der Waals surface area contributed by atoms with Crippen LogP contribution < -0.4 is 0 Å². The third-order valence-corrected chi connectivity index (χ3v) is 3.38.